The number of rotatable bonds is 12. The average Bonchev–Trinajstić information content (AvgIpc) is 2.49. The van der Waals surface area contributed by atoms with Gasteiger partial charge in [-0.15, -0.1) is 0 Å². The molecular weight excluding hydrogens is 240 g/mol. The third kappa shape index (κ3) is 9.83. The van der Waals surface area contributed by atoms with Crippen molar-refractivity contribution in [2.45, 2.75) is 77.6 Å². The van der Waals surface area contributed by atoms with E-state index in [4.69, 9.17) is 0 Å². The molecule has 0 saturated carbocycles. The van der Waals surface area contributed by atoms with Gasteiger partial charge in [-0.25, -0.2) is 0 Å². The first-order chi connectivity index (χ1) is 9.93. The van der Waals surface area contributed by atoms with Crippen LogP contribution in [-0.2, 0) is 6.42 Å². The van der Waals surface area contributed by atoms with Gasteiger partial charge < -0.3 is 0 Å². The molecule has 0 aromatic heterocycles. The van der Waals surface area contributed by atoms with Crippen LogP contribution in [0.3, 0.4) is 0 Å². The molecule has 20 heavy (non-hydrogen) atoms. The number of allylic oxidation sites excluding steroid dienone is 2. The summed E-state index contributed by atoms with van der Waals surface area (Å²) in [5.74, 6) is 0. The van der Waals surface area contributed by atoms with Crippen molar-refractivity contribution in [3.05, 3.63) is 48.0 Å². The molecule has 1 aromatic rings. The molecule has 1 rings (SSSR count). The van der Waals surface area contributed by atoms with Crippen LogP contribution < -0.4 is 0 Å². The van der Waals surface area contributed by atoms with E-state index in [2.05, 4.69) is 49.4 Å². The smallest absolute Gasteiger partial charge is 0.0276 e. The maximum absolute atomic E-state index is 2.39. The van der Waals surface area contributed by atoms with Gasteiger partial charge in [0.25, 0.3) is 0 Å². The largest absolute Gasteiger partial charge is 0.0885 e. The lowest BCUT2D eigenvalue weighted by atomic mass is 10.1. The Morgan fingerprint density at radius 3 is 2.00 bits per heavy atom. The summed E-state index contributed by atoms with van der Waals surface area (Å²) in [6.45, 7) is 2.28. The van der Waals surface area contributed by atoms with Crippen molar-refractivity contribution >= 4 is 0 Å². The lowest BCUT2D eigenvalue weighted by Gasteiger charge is -1.99. The van der Waals surface area contributed by atoms with Crippen LogP contribution in [0.1, 0.15) is 76.7 Å². The second-order valence-electron chi connectivity index (χ2n) is 5.76. The van der Waals surface area contributed by atoms with Gasteiger partial charge in [0.15, 0.2) is 0 Å². The Labute approximate surface area is 126 Å². The fraction of sp³-hybridized carbons (Fsp3) is 0.600. The Morgan fingerprint density at radius 1 is 0.700 bits per heavy atom. The van der Waals surface area contributed by atoms with Gasteiger partial charge in [0.05, 0.1) is 0 Å². The maximum atomic E-state index is 2.39. The van der Waals surface area contributed by atoms with Crippen molar-refractivity contribution in [3.8, 4) is 0 Å². The zero-order valence-corrected chi connectivity index (χ0v) is 13.3. The van der Waals surface area contributed by atoms with Crippen LogP contribution in [0.15, 0.2) is 42.5 Å². The summed E-state index contributed by atoms with van der Waals surface area (Å²) >= 11 is 0. The number of benzene rings is 1. The molecule has 0 nitrogen and oxygen atoms in total. The number of aryl methyl sites for hydroxylation is 1. The van der Waals surface area contributed by atoms with E-state index in [1.807, 2.05) is 0 Å². The topological polar surface area (TPSA) is 0 Å². The maximum Gasteiger partial charge on any atom is -0.0276 e. The van der Waals surface area contributed by atoms with Crippen LogP contribution >= 0.6 is 0 Å². The highest BCUT2D eigenvalue weighted by Crippen LogP contribution is 2.09. The first-order valence-corrected chi connectivity index (χ1v) is 8.62. The van der Waals surface area contributed by atoms with Gasteiger partial charge in [-0.1, -0.05) is 87.9 Å². The highest BCUT2D eigenvalue weighted by atomic mass is 14.0. The molecule has 0 aliphatic heterocycles. The molecule has 0 amide bonds. The van der Waals surface area contributed by atoms with Gasteiger partial charge in [0, 0.05) is 0 Å². The van der Waals surface area contributed by atoms with Gasteiger partial charge in [0.2, 0.25) is 0 Å². The minimum absolute atomic E-state index is 1.21. The summed E-state index contributed by atoms with van der Waals surface area (Å²) in [5.41, 5.74) is 1.47. The summed E-state index contributed by atoms with van der Waals surface area (Å²) in [4.78, 5) is 0. The molecule has 0 fully saturated rings. The fourth-order valence-electron chi connectivity index (χ4n) is 2.52. The average molecular weight is 272 g/mol. The zero-order chi connectivity index (χ0) is 14.3. The van der Waals surface area contributed by atoms with Crippen molar-refractivity contribution < 1.29 is 0 Å². The van der Waals surface area contributed by atoms with E-state index in [1.165, 1.54) is 76.2 Å². The molecule has 0 spiro atoms. The van der Waals surface area contributed by atoms with Crippen LogP contribution in [-0.4, -0.2) is 0 Å². The van der Waals surface area contributed by atoms with Crippen LogP contribution in [0, 0.1) is 0 Å². The van der Waals surface area contributed by atoms with E-state index >= 15 is 0 Å². The Balaban J connectivity index is 1.85. The van der Waals surface area contributed by atoms with Crippen LogP contribution in [0.5, 0.6) is 0 Å². The van der Waals surface area contributed by atoms with E-state index in [0.717, 1.165) is 0 Å². The van der Waals surface area contributed by atoms with Crippen LogP contribution in [0.25, 0.3) is 0 Å². The number of unbranched alkanes of at least 4 members (excludes halogenated alkanes) is 8. The van der Waals surface area contributed by atoms with Gasteiger partial charge in [-0.2, -0.15) is 0 Å². The monoisotopic (exact) mass is 272 g/mol. The lowest BCUT2D eigenvalue weighted by molar-refractivity contribution is 0.592. The second-order valence-corrected chi connectivity index (χ2v) is 5.76. The van der Waals surface area contributed by atoms with Crippen molar-refractivity contribution in [1.82, 2.24) is 0 Å². The van der Waals surface area contributed by atoms with Gasteiger partial charge >= 0.3 is 0 Å². The van der Waals surface area contributed by atoms with Crippen molar-refractivity contribution in [2.24, 2.45) is 0 Å². The third-order valence-electron chi connectivity index (χ3n) is 3.82. The molecule has 0 heteroatoms. The molecule has 0 atom stereocenters. The summed E-state index contributed by atoms with van der Waals surface area (Å²) in [7, 11) is 0. The van der Waals surface area contributed by atoms with Crippen molar-refractivity contribution in [1.29, 1.82) is 0 Å². The van der Waals surface area contributed by atoms with E-state index in [-0.39, 0.29) is 0 Å². The van der Waals surface area contributed by atoms with E-state index in [0.29, 0.717) is 0 Å². The predicted molar refractivity (Wildman–Crippen MR) is 91.1 cm³/mol. The SMILES string of the molecule is CCCCCCCCCC=CCCCc1ccccc1. The highest BCUT2D eigenvalue weighted by Gasteiger charge is 1.91. The molecule has 0 N–H and O–H groups in total. The molecular formula is C20H32. The fourth-order valence-corrected chi connectivity index (χ4v) is 2.52. The van der Waals surface area contributed by atoms with Crippen LogP contribution in [0.2, 0.25) is 0 Å². The minimum atomic E-state index is 1.21. The first kappa shape index (κ1) is 17.0. The Morgan fingerprint density at radius 2 is 1.30 bits per heavy atom. The van der Waals surface area contributed by atoms with Gasteiger partial charge in [-0.05, 0) is 37.7 Å². The molecule has 112 valence electrons. The summed E-state index contributed by atoms with van der Waals surface area (Å²) in [6.07, 6.45) is 19.6. The van der Waals surface area contributed by atoms with Gasteiger partial charge in [-0.3, -0.25) is 0 Å². The summed E-state index contributed by atoms with van der Waals surface area (Å²) in [5, 5.41) is 0. The van der Waals surface area contributed by atoms with Crippen LogP contribution in [0.4, 0.5) is 0 Å². The van der Waals surface area contributed by atoms with E-state index in [9.17, 15) is 0 Å². The Kier molecular flexibility index (Phi) is 11.0. The zero-order valence-electron chi connectivity index (χ0n) is 13.3. The molecule has 0 heterocycles. The minimum Gasteiger partial charge on any atom is -0.0885 e. The first-order valence-electron chi connectivity index (χ1n) is 8.62. The van der Waals surface area contributed by atoms with Gasteiger partial charge in [0.1, 0.15) is 0 Å². The Hall–Kier alpha value is -1.04. The lowest BCUT2D eigenvalue weighted by Crippen LogP contribution is -1.83. The molecule has 0 bridgehead atoms. The van der Waals surface area contributed by atoms with Crippen molar-refractivity contribution in [3.63, 3.8) is 0 Å². The van der Waals surface area contributed by atoms with E-state index < -0.39 is 0 Å². The summed E-state index contributed by atoms with van der Waals surface area (Å²) in [6, 6.07) is 10.8. The quantitative estimate of drug-likeness (QED) is 0.293. The molecule has 0 unspecified atom stereocenters. The molecule has 1 aromatic carbocycles. The standard InChI is InChI=1S/C20H32/c1-2-3-4-5-6-7-8-9-10-11-12-14-17-20-18-15-13-16-19-20/h10-11,13,15-16,18-19H,2-9,12,14,17H2,1H3. The molecule has 0 radical (unpaired) electrons. The number of hydrogen-bond donors (Lipinski definition) is 0. The normalized spacial score (nSPS) is 11.2. The second kappa shape index (κ2) is 13.0. The van der Waals surface area contributed by atoms with E-state index in [1.54, 1.807) is 0 Å². The van der Waals surface area contributed by atoms with Crippen molar-refractivity contribution in [2.75, 3.05) is 0 Å². The third-order valence-corrected chi connectivity index (χ3v) is 3.82. The number of hydrogen-bond acceptors (Lipinski definition) is 0. The molecule has 0 aliphatic rings. The summed E-state index contributed by atoms with van der Waals surface area (Å²) < 4.78 is 0. The molecule has 0 aliphatic carbocycles. The highest BCUT2D eigenvalue weighted by molar-refractivity contribution is 5.14. The Bertz CT molecular complexity index is 323. The predicted octanol–water partition coefficient (Wildman–Crippen LogP) is 6.71. The molecule has 0 saturated heterocycles.